The number of amides is 1. The zero-order chi connectivity index (χ0) is 22.6. The minimum absolute atomic E-state index is 0.00681. The topological polar surface area (TPSA) is 135 Å². The highest BCUT2D eigenvalue weighted by Crippen LogP contribution is 2.22. The van der Waals surface area contributed by atoms with Crippen molar-refractivity contribution in [2.75, 3.05) is 23.4 Å². The molecule has 3 N–H and O–H groups in total. The van der Waals surface area contributed by atoms with Crippen molar-refractivity contribution in [1.29, 1.82) is 0 Å². The number of anilines is 2. The quantitative estimate of drug-likeness (QED) is 0.645. The lowest BCUT2D eigenvalue weighted by molar-refractivity contribution is 0.0983. The van der Waals surface area contributed by atoms with Crippen molar-refractivity contribution in [3.8, 4) is 0 Å². The smallest absolute Gasteiger partial charge is 0.330 e. The Labute approximate surface area is 175 Å². The molecule has 0 aliphatic rings. The number of hydrogen-bond donors (Lipinski definition) is 2. The molecule has 0 unspecified atom stereocenters. The number of nitrogen functional groups attached to an aromatic ring is 1. The largest absolute Gasteiger partial charge is 0.383 e. The average Bonchev–Trinajstić information content (AvgIpc) is 2.65. The Morgan fingerprint density at radius 1 is 1.27 bits per heavy atom. The van der Waals surface area contributed by atoms with Gasteiger partial charge in [0.05, 0.1) is 4.90 Å². The Morgan fingerprint density at radius 2 is 1.93 bits per heavy atom. The first kappa shape index (κ1) is 23.4. The minimum atomic E-state index is -3.52. The summed E-state index contributed by atoms with van der Waals surface area (Å²) >= 11 is 0. The number of carbonyl (C=O) groups excluding carboxylic acids is 1. The summed E-state index contributed by atoms with van der Waals surface area (Å²) in [5, 5.41) is 0. The van der Waals surface area contributed by atoms with E-state index in [0.717, 1.165) is 12.7 Å². The first-order chi connectivity index (χ1) is 14.0. The van der Waals surface area contributed by atoms with E-state index in [0.29, 0.717) is 13.0 Å². The standard InChI is InChI=1S/C20H28N4O5S/c1-5-6-10-23-17(21)16(18(25)22-20(23)27)24(12-13(2)3)19(26)14-8-7-9-15(11-14)30(4,28)29/h7-9,11,13H,5-6,10,12,21H2,1-4H3,(H,22,25,27). The second kappa shape index (κ2) is 9.29. The van der Waals surface area contributed by atoms with Crippen LogP contribution in [-0.2, 0) is 16.4 Å². The molecule has 0 bridgehead atoms. The van der Waals surface area contributed by atoms with Crippen LogP contribution in [0.5, 0.6) is 0 Å². The second-order valence-electron chi connectivity index (χ2n) is 7.61. The third-order valence-electron chi connectivity index (χ3n) is 4.52. The number of rotatable bonds is 8. The summed E-state index contributed by atoms with van der Waals surface area (Å²) in [6, 6.07) is 5.60. The molecule has 0 fully saturated rings. The number of unbranched alkanes of at least 4 members (excludes halogenated alkanes) is 1. The van der Waals surface area contributed by atoms with Gasteiger partial charge in [0.1, 0.15) is 5.82 Å². The van der Waals surface area contributed by atoms with Crippen molar-refractivity contribution in [3.05, 3.63) is 50.7 Å². The molecule has 0 radical (unpaired) electrons. The number of aromatic nitrogens is 2. The van der Waals surface area contributed by atoms with Crippen molar-refractivity contribution >= 4 is 27.2 Å². The van der Waals surface area contributed by atoms with Gasteiger partial charge >= 0.3 is 5.69 Å². The summed E-state index contributed by atoms with van der Waals surface area (Å²) in [6.45, 7) is 6.14. The zero-order valence-corrected chi connectivity index (χ0v) is 18.5. The summed E-state index contributed by atoms with van der Waals surface area (Å²) < 4.78 is 25.0. The van der Waals surface area contributed by atoms with E-state index in [4.69, 9.17) is 5.73 Å². The summed E-state index contributed by atoms with van der Waals surface area (Å²) in [5.41, 5.74) is 4.76. The van der Waals surface area contributed by atoms with E-state index in [9.17, 15) is 22.8 Å². The van der Waals surface area contributed by atoms with Gasteiger partial charge in [0.25, 0.3) is 11.5 Å². The molecule has 2 aromatic rings. The number of nitrogens with one attached hydrogen (secondary N) is 1. The first-order valence-electron chi connectivity index (χ1n) is 9.72. The Morgan fingerprint density at radius 3 is 2.50 bits per heavy atom. The van der Waals surface area contributed by atoms with Crippen molar-refractivity contribution in [3.63, 3.8) is 0 Å². The van der Waals surface area contributed by atoms with E-state index in [1.807, 2.05) is 20.8 Å². The van der Waals surface area contributed by atoms with E-state index in [2.05, 4.69) is 4.98 Å². The van der Waals surface area contributed by atoms with Crippen molar-refractivity contribution in [1.82, 2.24) is 9.55 Å². The molecule has 1 heterocycles. The van der Waals surface area contributed by atoms with E-state index in [1.54, 1.807) is 0 Å². The number of H-pyrrole nitrogens is 1. The van der Waals surface area contributed by atoms with Crippen LogP contribution in [0.4, 0.5) is 11.5 Å². The number of nitrogens with two attached hydrogens (primary N) is 1. The summed E-state index contributed by atoms with van der Waals surface area (Å²) in [4.78, 5) is 41.6. The fourth-order valence-electron chi connectivity index (χ4n) is 3.03. The normalized spacial score (nSPS) is 11.6. The van der Waals surface area contributed by atoms with Crippen LogP contribution in [0.1, 0.15) is 44.0 Å². The predicted molar refractivity (Wildman–Crippen MR) is 117 cm³/mol. The van der Waals surface area contributed by atoms with Gasteiger partial charge in [0.2, 0.25) is 0 Å². The number of hydrogen-bond acceptors (Lipinski definition) is 6. The van der Waals surface area contributed by atoms with Crippen LogP contribution in [-0.4, -0.2) is 36.7 Å². The van der Waals surface area contributed by atoms with Gasteiger partial charge in [-0.1, -0.05) is 33.3 Å². The molecule has 2 rings (SSSR count). The maximum Gasteiger partial charge on any atom is 0.330 e. The van der Waals surface area contributed by atoms with E-state index in [-0.39, 0.29) is 34.4 Å². The van der Waals surface area contributed by atoms with Crippen LogP contribution in [0.3, 0.4) is 0 Å². The number of nitrogens with zero attached hydrogens (tertiary/aromatic N) is 2. The molecule has 1 aromatic carbocycles. The van der Waals surface area contributed by atoms with Crippen LogP contribution < -0.4 is 21.9 Å². The number of sulfone groups is 1. The fourth-order valence-corrected chi connectivity index (χ4v) is 3.70. The SMILES string of the molecule is CCCCn1c(N)c(N(CC(C)C)C(=O)c2cccc(S(C)(=O)=O)c2)c(=O)[nH]c1=O. The zero-order valence-electron chi connectivity index (χ0n) is 17.6. The Hall–Kier alpha value is -2.88. The molecule has 0 atom stereocenters. The summed E-state index contributed by atoms with van der Waals surface area (Å²) in [6.07, 6.45) is 2.53. The molecule has 9 nitrogen and oxygen atoms in total. The number of carbonyl (C=O) groups is 1. The van der Waals surface area contributed by atoms with Crippen LogP contribution in [0.2, 0.25) is 0 Å². The molecular formula is C20H28N4O5S. The van der Waals surface area contributed by atoms with E-state index >= 15 is 0 Å². The lowest BCUT2D eigenvalue weighted by Gasteiger charge is -2.26. The molecule has 1 aromatic heterocycles. The van der Waals surface area contributed by atoms with Crippen molar-refractivity contribution in [2.45, 2.75) is 45.1 Å². The molecule has 0 spiro atoms. The van der Waals surface area contributed by atoms with E-state index in [1.165, 1.54) is 33.7 Å². The predicted octanol–water partition coefficient (Wildman–Crippen LogP) is 1.63. The summed E-state index contributed by atoms with van der Waals surface area (Å²) in [7, 11) is -3.52. The monoisotopic (exact) mass is 436 g/mol. The van der Waals surface area contributed by atoms with Crippen LogP contribution in [0.25, 0.3) is 0 Å². The van der Waals surface area contributed by atoms with Crippen LogP contribution in [0.15, 0.2) is 38.8 Å². The van der Waals surface area contributed by atoms with Gasteiger partial charge in [-0.3, -0.25) is 19.1 Å². The van der Waals surface area contributed by atoms with Gasteiger partial charge in [-0.25, -0.2) is 13.2 Å². The highest BCUT2D eigenvalue weighted by molar-refractivity contribution is 7.90. The molecule has 10 heteroatoms. The van der Waals surface area contributed by atoms with Gasteiger partial charge in [-0.2, -0.15) is 0 Å². The van der Waals surface area contributed by atoms with Crippen molar-refractivity contribution in [2.24, 2.45) is 5.92 Å². The highest BCUT2D eigenvalue weighted by atomic mass is 32.2. The molecule has 30 heavy (non-hydrogen) atoms. The molecule has 0 saturated heterocycles. The third-order valence-corrected chi connectivity index (χ3v) is 5.63. The Balaban J connectivity index is 2.66. The van der Waals surface area contributed by atoms with Gasteiger partial charge in [-0.15, -0.1) is 0 Å². The van der Waals surface area contributed by atoms with Crippen molar-refractivity contribution < 1.29 is 13.2 Å². The maximum absolute atomic E-state index is 13.3. The van der Waals surface area contributed by atoms with Gasteiger partial charge in [0, 0.05) is 24.9 Å². The van der Waals surface area contributed by atoms with Gasteiger partial charge in [0.15, 0.2) is 15.5 Å². The average molecular weight is 437 g/mol. The lowest BCUT2D eigenvalue weighted by Crippen LogP contribution is -2.42. The molecule has 1 amide bonds. The maximum atomic E-state index is 13.3. The Bertz CT molecular complexity index is 1150. The number of aromatic amines is 1. The molecule has 164 valence electrons. The van der Waals surface area contributed by atoms with Gasteiger partial charge in [-0.05, 0) is 30.5 Å². The fraction of sp³-hybridized carbons (Fsp3) is 0.450. The first-order valence-corrected chi connectivity index (χ1v) is 11.6. The van der Waals surface area contributed by atoms with Crippen LogP contribution >= 0.6 is 0 Å². The summed E-state index contributed by atoms with van der Waals surface area (Å²) in [5.74, 6) is -0.695. The second-order valence-corrected chi connectivity index (χ2v) is 9.62. The van der Waals surface area contributed by atoms with Gasteiger partial charge < -0.3 is 10.6 Å². The molecule has 0 saturated carbocycles. The Kier molecular flexibility index (Phi) is 7.25. The van der Waals surface area contributed by atoms with Crippen LogP contribution in [0, 0.1) is 5.92 Å². The third kappa shape index (κ3) is 5.18. The molecule has 0 aliphatic carbocycles. The highest BCUT2D eigenvalue weighted by Gasteiger charge is 2.26. The minimum Gasteiger partial charge on any atom is -0.383 e. The van der Waals surface area contributed by atoms with E-state index < -0.39 is 27.0 Å². The molecular weight excluding hydrogens is 408 g/mol. The lowest BCUT2D eigenvalue weighted by atomic mass is 10.1. The molecule has 0 aliphatic heterocycles. The number of benzene rings is 1.